The van der Waals surface area contributed by atoms with E-state index < -0.39 is 0 Å². The fourth-order valence-electron chi connectivity index (χ4n) is 5.22. The molecule has 1 aromatic heterocycles. The molecular formula is C27H27N. The molecular weight excluding hydrogens is 338 g/mol. The van der Waals surface area contributed by atoms with E-state index in [9.17, 15) is 0 Å². The summed E-state index contributed by atoms with van der Waals surface area (Å²) in [6.07, 6.45) is 13.1. The van der Waals surface area contributed by atoms with Crippen LogP contribution in [-0.2, 0) is 0 Å². The quantitative estimate of drug-likeness (QED) is 0.323. The number of allylic oxidation sites excluding steroid dienone is 1. The van der Waals surface area contributed by atoms with Gasteiger partial charge in [0.1, 0.15) is 0 Å². The van der Waals surface area contributed by atoms with Crippen LogP contribution in [0.2, 0.25) is 0 Å². The second-order valence-corrected chi connectivity index (χ2v) is 8.01. The van der Waals surface area contributed by atoms with E-state index in [1.165, 1.54) is 75.8 Å². The molecule has 1 aliphatic rings. The van der Waals surface area contributed by atoms with E-state index in [4.69, 9.17) is 0 Å². The molecule has 28 heavy (non-hydrogen) atoms. The van der Waals surface area contributed by atoms with Gasteiger partial charge in [-0.15, -0.1) is 0 Å². The van der Waals surface area contributed by atoms with Crippen molar-refractivity contribution in [3.63, 3.8) is 0 Å². The van der Waals surface area contributed by atoms with Crippen molar-refractivity contribution < 1.29 is 0 Å². The Morgan fingerprint density at radius 2 is 1.64 bits per heavy atom. The van der Waals surface area contributed by atoms with Crippen molar-refractivity contribution in [1.29, 1.82) is 0 Å². The molecule has 0 bridgehead atoms. The van der Waals surface area contributed by atoms with Crippen molar-refractivity contribution in [2.24, 2.45) is 0 Å². The second kappa shape index (κ2) is 6.98. The van der Waals surface area contributed by atoms with Crippen molar-refractivity contribution in [3.05, 3.63) is 72.4 Å². The minimum atomic E-state index is 0.579. The van der Waals surface area contributed by atoms with Crippen LogP contribution in [0.25, 0.3) is 44.6 Å². The van der Waals surface area contributed by atoms with Crippen LogP contribution >= 0.6 is 0 Å². The van der Waals surface area contributed by atoms with Gasteiger partial charge < -0.3 is 4.57 Å². The Hall–Kier alpha value is -2.80. The number of hydrogen-bond acceptors (Lipinski definition) is 0. The Kier molecular flexibility index (Phi) is 4.31. The first-order chi connectivity index (χ1) is 13.8. The molecule has 0 unspecified atom stereocenters. The molecule has 0 aliphatic heterocycles. The maximum Gasteiger partial charge on any atom is 0.0500 e. The third-order valence-corrected chi connectivity index (χ3v) is 6.42. The lowest BCUT2D eigenvalue weighted by atomic mass is 9.94. The zero-order chi connectivity index (χ0) is 19.1. The molecule has 4 aromatic rings. The van der Waals surface area contributed by atoms with Crippen LogP contribution in [0.15, 0.2) is 61.2 Å². The topological polar surface area (TPSA) is 4.93 Å². The van der Waals surface area contributed by atoms with Crippen LogP contribution in [0.3, 0.4) is 0 Å². The van der Waals surface area contributed by atoms with Gasteiger partial charge in [-0.1, -0.05) is 80.5 Å². The molecule has 0 saturated heterocycles. The SMILES string of the molecule is C=Cc1c(/C=C\C)c2c3c(ccc4ccccc43)ccc2n1C1CCCCC1. The largest absolute Gasteiger partial charge is 0.337 e. The molecule has 1 nitrogen and oxygen atoms in total. The maximum absolute atomic E-state index is 4.21. The monoisotopic (exact) mass is 365 g/mol. The predicted molar refractivity (Wildman–Crippen MR) is 124 cm³/mol. The van der Waals surface area contributed by atoms with Gasteiger partial charge in [-0.2, -0.15) is 0 Å². The molecule has 1 fully saturated rings. The highest BCUT2D eigenvalue weighted by atomic mass is 15.0. The third-order valence-electron chi connectivity index (χ3n) is 6.42. The minimum absolute atomic E-state index is 0.579. The Labute approximate surface area is 167 Å². The first-order valence-corrected chi connectivity index (χ1v) is 10.6. The molecule has 140 valence electrons. The summed E-state index contributed by atoms with van der Waals surface area (Å²) in [4.78, 5) is 0. The summed E-state index contributed by atoms with van der Waals surface area (Å²) in [5.74, 6) is 0. The molecule has 1 heterocycles. The first-order valence-electron chi connectivity index (χ1n) is 10.6. The van der Waals surface area contributed by atoms with E-state index in [0.29, 0.717) is 6.04 Å². The molecule has 1 heteroatoms. The van der Waals surface area contributed by atoms with Crippen molar-refractivity contribution >= 4 is 44.6 Å². The molecule has 5 rings (SSSR count). The standard InChI is InChI=1S/C27H27N/c1-3-10-23-24(4-2)28(21-12-6-5-7-13-21)25-18-17-20-16-15-19-11-8-9-14-22(19)26(20)27(23)25/h3-4,8-11,14-18,21H,2,5-7,12-13H2,1H3/b10-3-. The average Bonchev–Trinajstić information content (AvgIpc) is 3.07. The van der Waals surface area contributed by atoms with E-state index in [0.717, 1.165) is 0 Å². The lowest BCUT2D eigenvalue weighted by Crippen LogP contribution is -2.14. The van der Waals surface area contributed by atoms with Gasteiger partial charge in [0.2, 0.25) is 0 Å². The first kappa shape index (κ1) is 17.3. The summed E-state index contributed by atoms with van der Waals surface area (Å²) < 4.78 is 2.60. The number of aromatic nitrogens is 1. The Morgan fingerprint density at radius 3 is 2.43 bits per heavy atom. The van der Waals surface area contributed by atoms with Crippen LogP contribution in [0.4, 0.5) is 0 Å². The molecule has 1 aliphatic carbocycles. The van der Waals surface area contributed by atoms with Crippen molar-refractivity contribution in [3.8, 4) is 0 Å². The summed E-state index contributed by atoms with van der Waals surface area (Å²) in [6, 6.07) is 18.5. The van der Waals surface area contributed by atoms with Crippen LogP contribution in [0, 0.1) is 0 Å². The zero-order valence-electron chi connectivity index (χ0n) is 16.6. The summed E-state index contributed by atoms with van der Waals surface area (Å²) >= 11 is 0. The smallest absolute Gasteiger partial charge is 0.0500 e. The van der Waals surface area contributed by atoms with E-state index in [2.05, 4.69) is 84.8 Å². The second-order valence-electron chi connectivity index (χ2n) is 8.01. The lowest BCUT2D eigenvalue weighted by Gasteiger charge is -2.26. The molecule has 1 saturated carbocycles. The molecule has 0 spiro atoms. The number of benzene rings is 3. The van der Waals surface area contributed by atoms with Crippen LogP contribution in [-0.4, -0.2) is 4.57 Å². The predicted octanol–water partition coefficient (Wildman–Crippen LogP) is 8.13. The van der Waals surface area contributed by atoms with Crippen molar-refractivity contribution in [1.82, 2.24) is 4.57 Å². The van der Waals surface area contributed by atoms with Gasteiger partial charge in [0.05, 0.1) is 5.52 Å². The summed E-state index contributed by atoms with van der Waals surface area (Å²) in [7, 11) is 0. The Morgan fingerprint density at radius 1 is 0.893 bits per heavy atom. The van der Waals surface area contributed by atoms with E-state index in [1.807, 2.05) is 0 Å². The van der Waals surface area contributed by atoms with Gasteiger partial charge in [0, 0.05) is 22.7 Å². The number of rotatable bonds is 3. The van der Waals surface area contributed by atoms with Crippen LogP contribution in [0.5, 0.6) is 0 Å². The Bertz CT molecular complexity index is 1220. The van der Waals surface area contributed by atoms with Gasteiger partial charge in [-0.25, -0.2) is 0 Å². The van der Waals surface area contributed by atoms with E-state index >= 15 is 0 Å². The van der Waals surface area contributed by atoms with Crippen LogP contribution < -0.4 is 0 Å². The fourth-order valence-corrected chi connectivity index (χ4v) is 5.22. The highest BCUT2D eigenvalue weighted by Gasteiger charge is 2.23. The van der Waals surface area contributed by atoms with Gasteiger partial charge in [0.15, 0.2) is 0 Å². The van der Waals surface area contributed by atoms with Gasteiger partial charge in [0.25, 0.3) is 0 Å². The van der Waals surface area contributed by atoms with E-state index in [1.54, 1.807) is 0 Å². The molecule has 3 aromatic carbocycles. The normalized spacial score (nSPS) is 15.9. The lowest BCUT2D eigenvalue weighted by molar-refractivity contribution is 0.359. The molecule has 0 radical (unpaired) electrons. The van der Waals surface area contributed by atoms with Gasteiger partial charge in [-0.05, 0) is 53.5 Å². The minimum Gasteiger partial charge on any atom is -0.337 e. The van der Waals surface area contributed by atoms with Gasteiger partial charge in [-0.3, -0.25) is 0 Å². The molecule has 0 N–H and O–H groups in total. The number of nitrogens with zero attached hydrogens (tertiary/aromatic N) is 1. The third kappa shape index (κ3) is 2.53. The summed E-state index contributed by atoms with van der Waals surface area (Å²) in [5, 5.41) is 6.72. The summed E-state index contributed by atoms with van der Waals surface area (Å²) in [5.41, 5.74) is 3.96. The summed E-state index contributed by atoms with van der Waals surface area (Å²) in [6.45, 7) is 6.32. The number of fused-ring (bicyclic) bond motifs is 5. The molecule has 0 atom stereocenters. The highest BCUT2D eigenvalue weighted by Crippen LogP contribution is 2.42. The zero-order valence-corrected chi connectivity index (χ0v) is 16.6. The van der Waals surface area contributed by atoms with Crippen molar-refractivity contribution in [2.75, 3.05) is 0 Å². The Balaban J connectivity index is 1.98. The van der Waals surface area contributed by atoms with Gasteiger partial charge >= 0.3 is 0 Å². The molecule has 0 amide bonds. The fraction of sp³-hybridized carbons (Fsp3) is 0.259. The average molecular weight is 366 g/mol. The van der Waals surface area contributed by atoms with Crippen molar-refractivity contribution in [2.45, 2.75) is 45.1 Å². The number of hydrogen-bond donors (Lipinski definition) is 0. The van der Waals surface area contributed by atoms with Crippen LogP contribution in [0.1, 0.15) is 56.3 Å². The maximum atomic E-state index is 4.21. The highest BCUT2D eigenvalue weighted by molar-refractivity contribution is 6.22. The van der Waals surface area contributed by atoms with E-state index in [-0.39, 0.29) is 0 Å².